The van der Waals surface area contributed by atoms with Gasteiger partial charge in [-0.3, -0.25) is 0 Å². The van der Waals surface area contributed by atoms with E-state index in [9.17, 15) is 0 Å². The van der Waals surface area contributed by atoms with Crippen LogP contribution in [0.3, 0.4) is 0 Å². The van der Waals surface area contributed by atoms with E-state index in [1.54, 1.807) is 0 Å². The highest BCUT2D eigenvalue weighted by molar-refractivity contribution is 6.10. The van der Waals surface area contributed by atoms with Crippen molar-refractivity contribution >= 4 is 90.7 Å². The highest BCUT2D eigenvalue weighted by Gasteiger charge is 2.37. The second-order valence-electron chi connectivity index (χ2n) is 15.6. The van der Waals surface area contributed by atoms with Crippen LogP contribution in [0.2, 0.25) is 0 Å². The number of nitrogens with one attached hydrogen (secondary N) is 8. The normalized spacial score (nSPS) is 21.4. The lowest BCUT2D eigenvalue weighted by Gasteiger charge is -2.23. The summed E-state index contributed by atoms with van der Waals surface area (Å²) in [5, 5.41) is 37.8. The van der Waals surface area contributed by atoms with Crippen LogP contribution >= 0.6 is 0 Å². The Bertz CT molecular complexity index is 3150. The Hall–Kier alpha value is -7.32. The number of anilines is 4. The number of H-pyrrole nitrogens is 2. The molecule has 2 aromatic heterocycles. The number of fused-ring (bicyclic) bond motifs is 22. The van der Waals surface area contributed by atoms with Gasteiger partial charge in [0.2, 0.25) is 0 Å². The van der Waals surface area contributed by atoms with E-state index in [0.29, 0.717) is 0 Å². The summed E-state index contributed by atoms with van der Waals surface area (Å²) in [6, 6.07) is 43.7. The van der Waals surface area contributed by atoms with E-state index in [0.717, 1.165) is 56.5 Å². The van der Waals surface area contributed by atoms with Gasteiger partial charge in [-0.05, 0) is 78.8 Å². The maximum Gasteiger partial charge on any atom is 0.118 e. The lowest BCUT2D eigenvalue weighted by Crippen LogP contribution is -2.40. The van der Waals surface area contributed by atoms with Gasteiger partial charge in [0.15, 0.2) is 0 Å². The molecule has 4 unspecified atom stereocenters. The van der Waals surface area contributed by atoms with Gasteiger partial charge < -0.3 is 41.9 Å². The number of aromatic nitrogens is 2. The minimum Gasteiger partial charge on any atom is -0.351 e. The van der Waals surface area contributed by atoms with Crippen LogP contribution in [0, 0.1) is 11.8 Å². The van der Waals surface area contributed by atoms with Crippen LogP contribution in [0.15, 0.2) is 144 Å². The molecule has 2 aliphatic carbocycles. The number of benzene rings is 6. The molecule has 5 heterocycles. The average Bonchev–Trinajstić information content (AvgIpc) is 3.95. The van der Waals surface area contributed by atoms with E-state index in [-0.39, 0.29) is 24.2 Å². The molecule has 0 saturated heterocycles. The maximum atomic E-state index is 3.98. The Kier molecular flexibility index (Phi) is 5.97. The number of hydrogen-bond acceptors (Lipinski definition) is 6. The molecule has 0 fully saturated rings. The molecule has 8 heteroatoms. The fourth-order valence-corrected chi connectivity index (χ4v) is 9.65. The molecule has 6 aromatic carbocycles. The summed E-state index contributed by atoms with van der Waals surface area (Å²) in [5.74, 6) is 5.88. The molecule has 8 nitrogen and oxygen atoms in total. The topological polar surface area (TPSA) is 104 Å². The van der Waals surface area contributed by atoms with Crippen molar-refractivity contribution in [2.45, 2.75) is 12.3 Å². The summed E-state index contributed by atoms with van der Waals surface area (Å²) in [6.07, 6.45) is 9.20. The van der Waals surface area contributed by atoms with Crippen LogP contribution in [0.25, 0.3) is 67.4 Å². The molecule has 0 saturated carbocycles. The fraction of sp³-hybridized carbons (Fsp3) is 0.0833. The molecular weight excluding hydrogens is 689 g/mol. The minimum absolute atomic E-state index is 0.0655. The molecule has 0 spiro atoms. The maximum absolute atomic E-state index is 3.98. The summed E-state index contributed by atoms with van der Waals surface area (Å²) in [5.41, 5.74) is 2.42. The Morgan fingerprint density at radius 2 is 0.714 bits per heavy atom. The molecule has 3 aliphatic heterocycles. The number of rotatable bonds is 0. The van der Waals surface area contributed by atoms with Gasteiger partial charge in [-0.2, -0.15) is 0 Å². The van der Waals surface area contributed by atoms with Gasteiger partial charge in [0, 0.05) is 44.5 Å². The molecule has 13 rings (SSSR count). The van der Waals surface area contributed by atoms with Crippen LogP contribution < -0.4 is 52.8 Å². The third kappa shape index (κ3) is 4.41. The zero-order valence-corrected chi connectivity index (χ0v) is 30.2. The first kappa shape index (κ1) is 30.1. The smallest absolute Gasteiger partial charge is 0.118 e. The first-order valence-electron chi connectivity index (χ1n) is 19.4. The quantitative estimate of drug-likeness (QED) is 0.0925. The van der Waals surface area contributed by atoms with Crippen molar-refractivity contribution in [3.8, 4) is 0 Å². The molecule has 8 N–H and O–H groups in total. The summed E-state index contributed by atoms with van der Waals surface area (Å²) in [6.45, 7) is 0. The van der Waals surface area contributed by atoms with Crippen LogP contribution in [0.5, 0.6) is 0 Å². The van der Waals surface area contributed by atoms with Gasteiger partial charge in [0.25, 0.3) is 0 Å². The minimum atomic E-state index is -0.131. The lowest BCUT2D eigenvalue weighted by molar-refractivity contribution is 0.610. The second-order valence-corrected chi connectivity index (χ2v) is 15.6. The van der Waals surface area contributed by atoms with E-state index in [1.165, 1.54) is 53.6 Å². The monoisotopic (exact) mass is 724 g/mol. The second kappa shape index (κ2) is 11.1. The van der Waals surface area contributed by atoms with Crippen LogP contribution in [0.4, 0.5) is 23.3 Å². The van der Waals surface area contributed by atoms with Gasteiger partial charge in [-0.1, -0.05) is 109 Å². The molecule has 56 heavy (non-hydrogen) atoms. The van der Waals surface area contributed by atoms with Crippen molar-refractivity contribution in [2.24, 2.45) is 11.8 Å². The van der Waals surface area contributed by atoms with Crippen molar-refractivity contribution in [1.82, 2.24) is 20.6 Å². The Morgan fingerprint density at radius 3 is 1.14 bits per heavy atom. The lowest BCUT2D eigenvalue weighted by atomic mass is 9.92. The van der Waals surface area contributed by atoms with Crippen molar-refractivity contribution in [3.05, 3.63) is 165 Å². The molecule has 5 aliphatic rings. The molecule has 268 valence electrons. The highest BCUT2D eigenvalue weighted by Crippen LogP contribution is 2.42. The van der Waals surface area contributed by atoms with Crippen molar-refractivity contribution in [2.75, 3.05) is 21.3 Å². The van der Waals surface area contributed by atoms with E-state index < -0.39 is 0 Å². The van der Waals surface area contributed by atoms with Crippen LogP contribution in [-0.4, -0.2) is 22.3 Å². The first-order chi connectivity index (χ1) is 27.7. The van der Waals surface area contributed by atoms with E-state index in [1.807, 2.05) is 0 Å². The van der Waals surface area contributed by atoms with Crippen LogP contribution in [-0.2, 0) is 0 Å². The number of aromatic amines is 2. The van der Waals surface area contributed by atoms with E-state index in [2.05, 4.69) is 188 Å². The predicted molar refractivity (Wildman–Crippen MR) is 230 cm³/mol. The molecule has 8 aromatic rings. The summed E-state index contributed by atoms with van der Waals surface area (Å²) >= 11 is 0. The molecule has 0 amide bonds. The van der Waals surface area contributed by atoms with Gasteiger partial charge in [-0.25, -0.2) is 0 Å². The van der Waals surface area contributed by atoms with E-state index >= 15 is 0 Å². The Labute approximate surface area is 320 Å². The van der Waals surface area contributed by atoms with E-state index in [4.69, 9.17) is 0 Å². The Morgan fingerprint density at radius 1 is 0.357 bits per heavy atom. The standard InChI is InChI=1S/C48H36N8/c1-2-10-26-18-34-33(17-25(26)9-1)41-49-42(34)54-44-37-21-29-13-5-6-14-30(29)22-38(37)46(51-44)56-48-40-24-32-16-8-7-15-31(32)23-39(40)47(52-48)55-45-36-20-28-12-4-3-11-27(28)19-35(36)43(50-45)53-41/h1-24,33,39,41,47,49-56H. The summed E-state index contributed by atoms with van der Waals surface area (Å²) in [4.78, 5) is 7.67. The SMILES string of the molecule is C1=c2ccccc2=CC2C1=C1Nc3[nH]c(c4cc5ccccc5cc34)NC3=C4C=c5ccccc5=CC4C(N3)Nc3[nH]c(c4cc5ccccc5cc34)NC2N1. The first-order valence-corrected chi connectivity index (χ1v) is 19.4. The molecule has 8 bridgehead atoms. The molecule has 0 radical (unpaired) electrons. The van der Waals surface area contributed by atoms with Gasteiger partial charge in [-0.15, -0.1) is 0 Å². The van der Waals surface area contributed by atoms with Crippen LogP contribution in [0.1, 0.15) is 0 Å². The van der Waals surface area contributed by atoms with Crippen molar-refractivity contribution in [1.29, 1.82) is 0 Å². The van der Waals surface area contributed by atoms with Crippen molar-refractivity contribution < 1.29 is 0 Å². The summed E-state index contributed by atoms with van der Waals surface area (Å²) < 4.78 is 0. The van der Waals surface area contributed by atoms with Gasteiger partial charge >= 0.3 is 0 Å². The molecular formula is C48H36N8. The molecule has 4 atom stereocenters. The zero-order chi connectivity index (χ0) is 36.5. The number of hydrogen-bond donors (Lipinski definition) is 8. The fourth-order valence-electron chi connectivity index (χ4n) is 9.65. The van der Waals surface area contributed by atoms with Gasteiger partial charge in [0.1, 0.15) is 47.2 Å². The largest absolute Gasteiger partial charge is 0.351 e. The van der Waals surface area contributed by atoms with Crippen molar-refractivity contribution in [3.63, 3.8) is 0 Å². The summed E-state index contributed by atoms with van der Waals surface area (Å²) in [7, 11) is 0. The third-order valence-electron chi connectivity index (χ3n) is 12.4. The van der Waals surface area contributed by atoms with Gasteiger partial charge in [0.05, 0.1) is 0 Å². The predicted octanol–water partition coefficient (Wildman–Crippen LogP) is 6.38. The third-order valence-corrected chi connectivity index (χ3v) is 12.4. The Balaban J connectivity index is 1.06. The highest BCUT2D eigenvalue weighted by atomic mass is 15.3. The zero-order valence-electron chi connectivity index (χ0n) is 30.2. The average molecular weight is 725 g/mol.